The topological polar surface area (TPSA) is 77.1 Å². The van der Waals surface area contributed by atoms with E-state index in [2.05, 4.69) is 32.3 Å². The molecule has 0 aromatic carbocycles. The minimum absolute atomic E-state index is 0.0795. The maximum Gasteiger partial charge on any atom is 0.244 e. The predicted octanol–water partition coefficient (Wildman–Crippen LogP) is 0.123. The highest BCUT2D eigenvalue weighted by atomic mass is 16.3. The third-order valence-corrected chi connectivity index (χ3v) is 3.25. The second-order valence-corrected chi connectivity index (χ2v) is 4.48. The van der Waals surface area contributed by atoms with Gasteiger partial charge in [0.15, 0.2) is 5.82 Å². The molecule has 6 nitrogen and oxygen atoms in total. The molecule has 2 rings (SSSR count). The first-order valence-corrected chi connectivity index (χ1v) is 6.31. The summed E-state index contributed by atoms with van der Waals surface area (Å²) in [5.41, 5.74) is 0. The molecule has 1 fully saturated rings. The third kappa shape index (κ3) is 3.17. The molecular weight excluding hydrogens is 218 g/mol. The Balaban J connectivity index is 1.82. The van der Waals surface area contributed by atoms with Crippen molar-refractivity contribution in [1.82, 2.24) is 20.5 Å². The van der Waals surface area contributed by atoms with Crippen LogP contribution in [0.25, 0.3) is 0 Å². The number of nitrogens with one attached hydrogen (secondary N) is 2. The summed E-state index contributed by atoms with van der Waals surface area (Å²) in [6, 6.07) is 0. The number of anilines is 1. The van der Waals surface area contributed by atoms with Gasteiger partial charge in [0.25, 0.3) is 0 Å². The molecule has 1 aromatic rings. The fourth-order valence-corrected chi connectivity index (χ4v) is 2.18. The van der Waals surface area contributed by atoms with Crippen molar-refractivity contribution in [3.05, 3.63) is 5.82 Å². The number of aliphatic hydroxyl groups excluding tert-OH is 1. The van der Waals surface area contributed by atoms with Crippen molar-refractivity contribution in [1.29, 1.82) is 0 Å². The van der Waals surface area contributed by atoms with E-state index >= 15 is 0 Å². The first-order valence-electron chi connectivity index (χ1n) is 6.31. The maximum absolute atomic E-state index is 8.93. The van der Waals surface area contributed by atoms with Gasteiger partial charge in [0.1, 0.15) is 6.61 Å². The van der Waals surface area contributed by atoms with Crippen molar-refractivity contribution < 1.29 is 5.11 Å². The van der Waals surface area contributed by atoms with E-state index in [-0.39, 0.29) is 6.61 Å². The highest BCUT2D eigenvalue weighted by Crippen LogP contribution is 2.19. The van der Waals surface area contributed by atoms with Crippen LogP contribution in [-0.4, -0.2) is 46.5 Å². The molecule has 1 aromatic heterocycles. The first-order chi connectivity index (χ1) is 8.33. The third-order valence-electron chi connectivity index (χ3n) is 3.25. The van der Waals surface area contributed by atoms with E-state index in [1.165, 1.54) is 12.8 Å². The predicted molar refractivity (Wildman–Crippen MR) is 65.8 cm³/mol. The SMILES string of the molecule is CCNCC1CCN(c2n[nH]c(CO)n2)CC1. The quantitative estimate of drug-likeness (QED) is 0.680. The van der Waals surface area contributed by atoms with Crippen molar-refractivity contribution in [2.45, 2.75) is 26.4 Å². The van der Waals surface area contributed by atoms with Crippen molar-refractivity contribution in [2.75, 3.05) is 31.1 Å². The molecule has 1 aliphatic rings. The molecule has 2 heterocycles. The van der Waals surface area contributed by atoms with E-state index < -0.39 is 0 Å². The normalized spacial score (nSPS) is 17.6. The lowest BCUT2D eigenvalue weighted by Crippen LogP contribution is -2.37. The molecule has 1 aliphatic heterocycles. The van der Waals surface area contributed by atoms with Gasteiger partial charge in [-0.1, -0.05) is 6.92 Å². The average molecular weight is 239 g/mol. The van der Waals surface area contributed by atoms with Crippen LogP contribution in [0.2, 0.25) is 0 Å². The Morgan fingerprint density at radius 2 is 2.24 bits per heavy atom. The molecule has 0 radical (unpaired) electrons. The summed E-state index contributed by atoms with van der Waals surface area (Å²) < 4.78 is 0. The van der Waals surface area contributed by atoms with Crippen LogP contribution >= 0.6 is 0 Å². The van der Waals surface area contributed by atoms with Crippen LogP contribution in [0.4, 0.5) is 5.95 Å². The second-order valence-electron chi connectivity index (χ2n) is 4.48. The van der Waals surface area contributed by atoms with Gasteiger partial charge in [0.05, 0.1) is 0 Å². The summed E-state index contributed by atoms with van der Waals surface area (Å²) in [6.45, 7) is 6.21. The number of hydrogen-bond donors (Lipinski definition) is 3. The van der Waals surface area contributed by atoms with Gasteiger partial charge in [0.2, 0.25) is 5.95 Å². The Hall–Kier alpha value is -1.14. The molecule has 1 saturated heterocycles. The van der Waals surface area contributed by atoms with E-state index in [1.807, 2.05) is 0 Å². The number of nitrogens with zero attached hydrogens (tertiary/aromatic N) is 3. The Morgan fingerprint density at radius 3 is 2.82 bits per heavy atom. The van der Waals surface area contributed by atoms with Gasteiger partial charge in [-0.25, -0.2) is 0 Å². The molecule has 0 bridgehead atoms. The highest BCUT2D eigenvalue weighted by molar-refractivity contribution is 5.29. The average Bonchev–Trinajstić information content (AvgIpc) is 2.86. The standard InChI is InChI=1S/C11H21N5O/c1-2-12-7-9-3-5-16(6-4-9)11-13-10(8-17)14-15-11/h9,12,17H,2-8H2,1H3,(H,13,14,15). The Kier molecular flexibility index (Phi) is 4.33. The molecule has 0 spiro atoms. The Bertz CT molecular complexity index is 332. The summed E-state index contributed by atoms with van der Waals surface area (Å²) >= 11 is 0. The second kappa shape index (κ2) is 5.97. The van der Waals surface area contributed by atoms with Crippen LogP contribution in [0.1, 0.15) is 25.6 Å². The van der Waals surface area contributed by atoms with E-state index in [1.54, 1.807) is 0 Å². The molecule has 6 heteroatoms. The van der Waals surface area contributed by atoms with Crippen LogP contribution < -0.4 is 10.2 Å². The van der Waals surface area contributed by atoms with Gasteiger partial charge in [-0.2, -0.15) is 4.98 Å². The monoisotopic (exact) mass is 239 g/mol. The van der Waals surface area contributed by atoms with Gasteiger partial charge in [-0.05, 0) is 31.8 Å². The van der Waals surface area contributed by atoms with E-state index in [0.29, 0.717) is 5.82 Å². The van der Waals surface area contributed by atoms with Gasteiger partial charge in [0, 0.05) is 13.1 Å². The summed E-state index contributed by atoms with van der Waals surface area (Å²) in [7, 11) is 0. The van der Waals surface area contributed by atoms with Crippen LogP contribution in [0.15, 0.2) is 0 Å². The number of piperidine rings is 1. The number of aromatic nitrogens is 3. The fourth-order valence-electron chi connectivity index (χ4n) is 2.18. The number of H-pyrrole nitrogens is 1. The van der Waals surface area contributed by atoms with Crippen LogP contribution in [0.3, 0.4) is 0 Å². The van der Waals surface area contributed by atoms with Crippen molar-refractivity contribution >= 4 is 5.95 Å². The summed E-state index contributed by atoms with van der Waals surface area (Å²) in [6.07, 6.45) is 2.35. The Morgan fingerprint density at radius 1 is 1.47 bits per heavy atom. The lowest BCUT2D eigenvalue weighted by atomic mass is 9.97. The fraction of sp³-hybridized carbons (Fsp3) is 0.818. The van der Waals surface area contributed by atoms with Crippen LogP contribution in [0, 0.1) is 5.92 Å². The van der Waals surface area contributed by atoms with Crippen LogP contribution in [-0.2, 0) is 6.61 Å². The largest absolute Gasteiger partial charge is 0.388 e. The van der Waals surface area contributed by atoms with E-state index in [4.69, 9.17) is 5.11 Å². The lowest BCUT2D eigenvalue weighted by Gasteiger charge is -2.31. The summed E-state index contributed by atoms with van der Waals surface area (Å²) in [4.78, 5) is 6.41. The molecule has 0 amide bonds. The molecular formula is C11H21N5O. The van der Waals surface area contributed by atoms with Gasteiger partial charge in [-0.15, -0.1) is 5.10 Å². The van der Waals surface area contributed by atoms with Gasteiger partial charge >= 0.3 is 0 Å². The van der Waals surface area contributed by atoms with E-state index in [0.717, 1.165) is 38.0 Å². The molecule has 0 unspecified atom stereocenters. The summed E-state index contributed by atoms with van der Waals surface area (Å²) in [5.74, 6) is 2.02. The number of hydrogen-bond acceptors (Lipinski definition) is 5. The molecule has 17 heavy (non-hydrogen) atoms. The number of aromatic amines is 1. The maximum atomic E-state index is 8.93. The van der Waals surface area contributed by atoms with Crippen molar-refractivity contribution in [3.63, 3.8) is 0 Å². The molecule has 3 N–H and O–H groups in total. The molecule has 0 aliphatic carbocycles. The molecule has 0 atom stereocenters. The lowest BCUT2D eigenvalue weighted by molar-refractivity contribution is 0.272. The summed E-state index contributed by atoms with van der Waals surface area (Å²) in [5, 5.41) is 19.2. The van der Waals surface area contributed by atoms with Crippen LogP contribution in [0.5, 0.6) is 0 Å². The van der Waals surface area contributed by atoms with Crippen molar-refractivity contribution in [3.8, 4) is 0 Å². The smallest absolute Gasteiger partial charge is 0.244 e. The Labute approximate surface area is 101 Å². The van der Waals surface area contributed by atoms with Gasteiger partial charge < -0.3 is 15.3 Å². The van der Waals surface area contributed by atoms with Crippen molar-refractivity contribution in [2.24, 2.45) is 5.92 Å². The van der Waals surface area contributed by atoms with Gasteiger partial charge in [-0.3, -0.25) is 5.10 Å². The van der Waals surface area contributed by atoms with E-state index in [9.17, 15) is 0 Å². The first kappa shape index (κ1) is 12.3. The zero-order valence-corrected chi connectivity index (χ0v) is 10.3. The molecule has 0 saturated carbocycles. The zero-order valence-electron chi connectivity index (χ0n) is 10.3. The number of aliphatic hydroxyl groups is 1. The minimum atomic E-state index is -0.0795. The highest BCUT2D eigenvalue weighted by Gasteiger charge is 2.21. The number of rotatable bonds is 5. The minimum Gasteiger partial charge on any atom is -0.388 e. The zero-order chi connectivity index (χ0) is 12.1. The molecule has 96 valence electrons.